The first-order valence-electron chi connectivity index (χ1n) is 12.4. The molecule has 3 aromatic carbocycles. The summed E-state index contributed by atoms with van der Waals surface area (Å²) in [6.45, 7) is 6.11. The molecule has 2 amide bonds. The molecular formula is C29H31N5O2. The fourth-order valence-corrected chi connectivity index (χ4v) is 4.76. The van der Waals surface area contributed by atoms with Crippen LogP contribution in [0.3, 0.4) is 0 Å². The summed E-state index contributed by atoms with van der Waals surface area (Å²) < 4.78 is 1.95. The number of imidazole rings is 1. The number of hydrogen-bond acceptors (Lipinski definition) is 4. The summed E-state index contributed by atoms with van der Waals surface area (Å²) in [5.74, 6) is 0.583. The van der Waals surface area contributed by atoms with Gasteiger partial charge >= 0.3 is 0 Å². The number of rotatable bonds is 7. The molecule has 0 aliphatic carbocycles. The van der Waals surface area contributed by atoms with Gasteiger partial charge in [0.25, 0.3) is 5.91 Å². The predicted molar refractivity (Wildman–Crippen MR) is 140 cm³/mol. The second-order valence-electron chi connectivity index (χ2n) is 9.25. The van der Waals surface area contributed by atoms with E-state index in [-0.39, 0.29) is 24.4 Å². The van der Waals surface area contributed by atoms with E-state index in [1.54, 1.807) is 12.1 Å². The number of fused-ring (bicyclic) bond motifs is 1. The summed E-state index contributed by atoms with van der Waals surface area (Å²) in [6, 6.07) is 27.0. The third kappa shape index (κ3) is 5.31. The van der Waals surface area contributed by atoms with Gasteiger partial charge in [-0.05, 0) is 36.8 Å². The Bertz CT molecular complexity index is 1330. The SMILES string of the molecule is CC(NC(=O)c1ccccc1)c1nc2ccccc2n1CC(=O)N1CCN(Cc2ccccc2)CC1. The van der Waals surface area contributed by atoms with Crippen LogP contribution >= 0.6 is 0 Å². The Balaban J connectivity index is 1.28. The Kier molecular flexibility index (Phi) is 7.09. The minimum Gasteiger partial charge on any atom is -0.342 e. The molecule has 0 spiro atoms. The molecule has 0 radical (unpaired) electrons. The average Bonchev–Trinajstić information content (AvgIpc) is 3.28. The van der Waals surface area contributed by atoms with Gasteiger partial charge in [0.2, 0.25) is 5.91 Å². The molecule has 1 atom stereocenters. The van der Waals surface area contributed by atoms with E-state index in [9.17, 15) is 9.59 Å². The van der Waals surface area contributed by atoms with Crippen LogP contribution in [0, 0.1) is 0 Å². The van der Waals surface area contributed by atoms with Gasteiger partial charge in [-0.2, -0.15) is 0 Å². The highest BCUT2D eigenvalue weighted by Gasteiger charge is 2.25. The van der Waals surface area contributed by atoms with Crippen molar-refractivity contribution in [1.82, 2.24) is 24.7 Å². The number of benzene rings is 3. The van der Waals surface area contributed by atoms with E-state index in [0.717, 1.165) is 30.7 Å². The van der Waals surface area contributed by atoms with E-state index in [0.29, 0.717) is 24.5 Å². The highest BCUT2D eigenvalue weighted by Crippen LogP contribution is 2.22. The molecule has 7 heteroatoms. The number of carbonyl (C=O) groups excluding carboxylic acids is 2. The number of piperazine rings is 1. The van der Waals surface area contributed by atoms with Crippen molar-refractivity contribution in [3.05, 3.63) is 102 Å². The molecule has 2 heterocycles. The maximum absolute atomic E-state index is 13.4. The number of aromatic nitrogens is 2. The minimum atomic E-state index is -0.361. The summed E-state index contributed by atoms with van der Waals surface area (Å²) in [5, 5.41) is 3.04. The Morgan fingerprint density at radius 1 is 0.861 bits per heavy atom. The van der Waals surface area contributed by atoms with Crippen LogP contribution in [-0.4, -0.2) is 57.3 Å². The van der Waals surface area contributed by atoms with Crippen LogP contribution in [0.25, 0.3) is 11.0 Å². The van der Waals surface area contributed by atoms with Gasteiger partial charge < -0.3 is 14.8 Å². The molecule has 184 valence electrons. The normalized spacial score (nSPS) is 15.1. The first kappa shape index (κ1) is 23.8. The molecule has 4 aromatic rings. The zero-order valence-electron chi connectivity index (χ0n) is 20.5. The Morgan fingerprint density at radius 3 is 2.22 bits per heavy atom. The van der Waals surface area contributed by atoms with Crippen molar-refractivity contribution in [1.29, 1.82) is 0 Å². The summed E-state index contributed by atoms with van der Waals surface area (Å²) in [7, 11) is 0. The van der Waals surface area contributed by atoms with Crippen molar-refractivity contribution in [2.75, 3.05) is 26.2 Å². The maximum atomic E-state index is 13.4. The largest absolute Gasteiger partial charge is 0.342 e. The summed E-state index contributed by atoms with van der Waals surface area (Å²) >= 11 is 0. The highest BCUT2D eigenvalue weighted by atomic mass is 16.2. The lowest BCUT2D eigenvalue weighted by Gasteiger charge is -2.35. The van der Waals surface area contributed by atoms with Gasteiger partial charge in [-0.15, -0.1) is 0 Å². The van der Waals surface area contributed by atoms with E-state index < -0.39 is 0 Å². The van der Waals surface area contributed by atoms with Crippen molar-refractivity contribution >= 4 is 22.8 Å². The molecule has 5 rings (SSSR count). The Morgan fingerprint density at radius 2 is 1.50 bits per heavy atom. The first-order valence-corrected chi connectivity index (χ1v) is 12.4. The topological polar surface area (TPSA) is 70.5 Å². The molecule has 1 aliphatic heterocycles. The quantitative estimate of drug-likeness (QED) is 0.435. The molecule has 1 aromatic heterocycles. The number of hydrogen-bond donors (Lipinski definition) is 1. The van der Waals surface area contributed by atoms with E-state index in [1.807, 2.05) is 64.9 Å². The molecule has 7 nitrogen and oxygen atoms in total. The van der Waals surface area contributed by atoms with Crippen LogP contribution < -0.4 is 5.32 Å². The van der Waals surface area contributed by atoms with Crippen molar-refractivity contribution in [2.45, 2.75) is 26.1 Å². The van der Waals surface area contributed by atoms with Crippen LogP contribution in [0.2, 0.25) is 0 Å². The lowest BCUT2D eigenvalue weighted by Crippen LogP contribution is -2.49. The molecule has 1 fully saturated rings. The van der Waals surface area contributed by atoms with Crippen LogP contribution in [0.15, 0.2) is 84.9 Å². The van der Waals surface area contributed by atoms with Crippen molar-refractivity contribution in [3.8, 4) is 0 Å². The van der Waals surface area contributed by atoms with E-state index >= 15 is 0 Å². The molecule has 1 aliphatic rings. The number of carbonyl (C=O) groups is 2. The number of nitrogens with one attached hydrogen (secondary N) is 1. The van der Waals surface area contributed by atoms with Gasteiger partial charge in [0.1, 0.15) is 12.4 Å². The summed E-state index contributed by atoms with van der Waals surface area (Å²) in [6.07, 6.45) is 0. The van der Waals surface area contributed by atoms with Crippen molar-refractivity contribution in [3.63, 3.8) is 0 Å². The van der Waals surface area contributed by atoms with Gasteiger partial charge in [0.15, 0.2) is 0 Å². The average molecular weight is 482 g/mol. The number of amides is 2. The number of nitrogens with zero attached hydrogens (tertiary/aromatic N) is 4. The Labute approximate surface area is 211 Å². The molecule has 1 N–H and O–H groups in total. The van der Waals surface area contributed by atoms with E-state index in [4.69, 9.17) is 4.98 Å². The molecule has 1 saturated heterocycles. The van der Waals surface area contributed by atoms with Crippen LogP contribution in [0.1, 0.15) is 34.7 Å². The number of para-hydroxylation sites is 2. The Hall–Kier alpha value is -3.97. The molecule has 36 heavy (non-hydrogen) atoms. The predicted octanol–water partition coefficient (Wildman–Crippen LogP) is 3.87. The highest BCUT2D eigenvalue weighted by molar-refractivity contribution is 5.94. The van der Waals surface area contributed by atoms with E-state index in [1.165, 1.54) is 5.56 Å². The zero-order chi connectivity index (χ0) is 24.9. The van der Waals surface area contributed by atoms with E-state index in [2.05, 4.69) is 34.5 Å². The fourth-order valence-electron chi connectivity index (χ4n) is 4.76. The monoisotopic (exact) mass is 481 g/mol. The third-order valence-corrected chi connectivity index (χ3v) is 6.72. The lowest BCUT2D eigenvalue weighted by atomic mass is 10.2. The van der Waals surface area contributed by atoms with Crippen molar-refractivity contribution in [2.24, 2.45) is 0 Å². The smallest absolute Gasteiger partial charge is 0.251 e. The zero-order valence-corrected chi connectivity index (χ0v) is 20.5. The van der Waals surface area contributed by atoms with Gasteiger partial charge in [-0.25, -0.2) is 4.98 Å². The third-order valence-electron chi connectivity index (χ3n) is 6.72. The summed E-state index contributed by atoms with van der Waals surface area (Å²) in [4.78, 5) is 35.2. The molecular weight excluding hydrogens is 450 g/mol. The van der Waals surface area contributed by atoms with Gasteiger partial charge in [0.05, 0.1) is 17.1 Å². The van der Waals surface area contributed by atoms with Crippen LogP contribution in [0.4, 0.5) is 0 Å². The van der Waals surface area contributed by atoms with Gasteiger partial charge in [-0.1, -0.05) is 60.7 Å². The van der Waals surface area contributed by atoms with Gasteiger partial charge in [0, 0.05) is 38.3 Å². The fraction of sp³-hybridized carbons (Fsp3) is 0.276. The lowest BCUT2D eigenvalue weighted by molar-refractivity contribution is -0.133. The second-order valence-corrected chi connectivity index (χ2v) is 9.25. The molecule has 0 bridgehead atoms. The van der Waals surface area contributed by atoms with Crippen molar-refractivity contribution < 1.29 is 9.59 Å². The maximum Gasteiger partial charge on any atom is 0.251 e. The van der Waals surface area contributed by atoms with Crippen LogP contribution in [-0.2, 0) is 17.9 Å². The molecule has 1 unspecified atom stereocenters. The molecule has 0 saturated carbocycles. The first-order chi connectivity index (χ1) is 17.6. The van der Waals surface area contributed by atoms with Gasteiger partial charge in [-0.3, -0.25) is 14.5 Å². The second kappa shape index (κ2) is 10.7. The standard InChI is InChI=1S/C29H31N5O2/c1-22(30-29(36)24-12-6-3-7-13-24)28-31-25-14-8-9-15-26(25)34(28)21-27(35)33-18-16-32(17-19-33)20-23-10-4-2-5-11-23/h2-15,22H,16-21H2,1H3,(H,30,36). The van der Waals surface area contributed by atoms with Crippen LogP contribution in [0.5, 0.6) is 0 Å². The summed E-state index contributed by atoms with van der Waals surface area (Å²) in [5.41, 5.74) is 3.59. The minimum absolute atomic E-state index is 0.0698.